The maximum Gasteiger partial charge on any atom is 0.329 e. The second kappa shape index (κ2) is 9.73. The fraction of sp³-hybridized carbons (Fsp3) is 0.318. The first-order valence-electron chi connectivity index (χ1n) is 9.74. The van der Waals surface area contributed by atoms with E-state index in [4.69, 9.17) is 4.74 Å². The van der Waals surface area contributed by atoms with E-state index in [0.717, 1.165) is 23.0 Å². The summed E-state index contributed by atoms with van der Waals surface area (Å²) in [5, 5.41) is 2.70. The number of aryl methyl sites for hydroxylation is 2. The first-order chi connectivity index (χ1) is 14.1. The van der Waals surface area contributed by atoms with Crippen LogP contribution < -0.4 is 11.0 Å². The van der Waals surface area contributed by atoms with Crippen LogP contribution >= 0.6 is 0 Å². The number of aromatic nitrogens is 2. The summed E-state index contributed by atoms with van der Waals surface area (Å²) in [6.07, 6.45) is 0.861. The lowest BCUT2D eigenvalue weighted by molar-refractivity contribution is -0.148. The Morgan fingerprint density at radius 2 is 1.55 bits per heavy atom. The number of esters is 1. The lowest BCUT2D eigenvalue weighted by Crippen LogP contribution is -2.29. The SMILES string of the molecule is CCCn1c(=O)n(CCC(=O)OCC(=O)NCc2ccccc2)c2ccccc21. The second-order valence-electron chi connectivity index (χ2n) is 6.75. The average Bonchev–Trinajstić information content (AvgIpc) is 3.01. The number of ether oxygens (including phenoxy) is 1. The van der Waals surface area contributed by atoms with E-state index >= 15 is 0 Å². The Labute approximate surface area is 168 Å². The first kappa shape index (κ1) is 20.4. The Hall–Kier alpha value is -3.35. The summed E-state index contributed by atoms with van der Waals surface area (Å²) in [5.41, 5.74) is 2.48. The van der Waals surface area contributed by atoms with Gasteiger partial charge in [-0.05, 0) is 24.1 Å². The van der Waals surface area contributed by atoms with E-state index in [2.05, 4.69) is 5.32 Å². The minimum atomic E-state index is -0.515. The van der Waals surface area contributed by atoms with Gasteiger partial charge in [0.25, 0.3) is 5.91 Å². The molecule has 2 aromatic carbocycles. The Morgan fingerprint density at radius 1 is 0.931 bits per heavy atom. The average molecular weight is 395 g/mol. The Morgan fingerprint density at radius 3 is 2.21 bits per heavy atom. The van der Waals surface area contributed by atoms with Crippen LogP contribution in [0.25, 0.3) is 11.0 Å². The Balaban J connectivity index is 1.52. The molecule has 0 saturated heterocycles. The summed E-state index contributed by atoms with van der Waals surface area (Å²) in [7, 11) is 0. The minimum absolute atomic E-state index is 0.0198. The van der Waals surface area contributed by atoms with Crippen LogP contribution in [0.4, 0.5) is 0 Å². The van der Waals surface area contributed by atoms with Crippen molar-refractivity contribution in [3.05, 3.63) is 70.6 Å². The number of carbonyl (C=O) groups excluding carboxylic acids is 2. The van der Waals surface area contributed by atoms with Crippen molar-refractivity contribution in [2.45, 2.75) is 39.4 Å². The molecule has 0 atom stereocenters. The van der Waals surface area contributed by atoms with Gasteiger partial charge in [0.1, 0.15) is 0 Å². The molecule has 29 heavy (non-hydrogen) atoms. The molecule has 0 fully saturated rings. The normalized spacial score (nSPS) is 10.8. The van der Waals surface area contributed by atoms with Crippen molar-refractivity contribution in [1.29, 1.82) is 0 Å². The van der Waals surface area contributed by atoms with Crippen LogP contribution in [-0.4, -0.2) is 27.6 Å². The summed E-state index contributed by atoms with van der Waals surface area (Å²) in [6.45, 7) is 2.89. The predicted molar refractivity (Wildman–Crippen MR) is 110 cm³/mol. The molecule has 7 heteroatoms. The van der Waals surface area contributed by atoms with Crippen LogP contribution in [0.3, 0.4) is 0 Å². The highest BCUT2D eigenvalue weighted by molar-refractivity contribution is 5.80. The largest absolute Gasteiger partial charge is 0.456 e. The van der Waals surface area contributed by atoms with E-state index < -0.39 is 5.97 Å². The molecule has 0 radical (unpaired) electrons. The maximum absolute atomic E-state index is 12.7. The van der Waals surface area contributed by atoms with Gasteiger partial charge in [-0.3, -0.25) is 18.7 Å². The number of amides is 1. The number of nitrogens with zero attached hydrogens (tertiary/aromatic N) is 2. The molecule has 1 N–H and O–H groups in total. The molecule has 152 valence electrons. The third kappa shape index (κ3) is 5.13. The van der Waals surface area contributed by atoms with Crippen molar-refractivity contribution < 1.29 is 14.3 Å². The van der Waals surface area contributed by atoms with Crippen molar-refractivity contribution in [2.75, 3.05) is 6.61 Å². The number of fused-ring (bicyclic) bond motifs is 1. The molecule has 0 unspecified atom stereocenters. The minimum Gasteiger partial charge on any atom is -0.456 e. The van der Waals surface area contributed by atoms with Crippen LogP contribution in [0.15, 0.2) is 59.4 Å². The van der Waals surface area contributed by atoms with E-state index in [1.807, 2.05) is 61.5 Å². The number of imidazole rings is 1. The third-order valence-corrected chi connectivity index (χ3v) is 4.61. The topological polar surface area (TPSA) is 82.3 Å². The van der Waals surface area contributed by atoms with Crippen molar-refractivity contribution in [3.8, 4) is 0 Å². The molecule has 1 amide bonds. The highest BCUT2D eigenvalue weighted by Crippen LogP contribution is 2.13. The van der Waals surface area contributed by atoms with E-state index in [1.54, 1.807) is 9.13 Å². The summed E-state index contributed by atoms with van der Waals surface area (Å²) in [6, 6.07) is 17.0. The molecule has 3 rings (SSSR count). The fourth-order valence-electron chi connectivity index (χ4n) is 3.20. The maximum atomic E-state index is 12.7. The Kier molecular flexibility index (Phi) is 6.84. The number of hydrogen-bond acceptors (Lipinski definition) is 4. The highest BCUT2D eigenvalue weighted by Gasteiger charge is 2.14. The van der Waals surface area contributed by atoms with Gasteiger partial charge in [0.05, 0.1) is 17.5 Å². The van der Waals surface area contributed by atoms with Gasteiger partial charge in [0.15, 0.2) is 6.61 Å². The van der Waals surface area contributed by atoms with Crippen molar-refractivity contribution >= 4 is 22.9 Å². The molecule has 0 saturated carbocycles. The first-order valence-corrected chi connectivity index (χ1v) is 9.74. The lowest BCUT2D eigenvalue weighted by atomic mass is 10.2. The highest BCUT2D eigenvalue weighted by atomic mass is 16.5. The molecule has 1 heterocycles. The van der Waals surface area contributed by atoms with Gasteiger partial charge in [-0.25, -0.2) is 4.79 Å². The number of nitrogens with one attached hydrogen (secondary N) is 1. The molecule has 0 aliphatic carbocycles. The van der Waals surface area contributed by atoms with Crippen molar-refractivity contribution in [2.24, 2.45) is 0 Å². The van der Waals surface area contributed by atoms with Gasteiger partial charge in [0, 0.05) is 19.6 Å². The number of benzene rings is 2. The van der Waals surface area contributed by atoms with Crippen molar-refractivity contribution in [1.82, 2.24) is 14.5 Å². The Bertz CT molecular complexity index is 1040. The third-order valence-electron chi connectivity index (χ3n) is 4.61. The molecular weight excluding hydrogens is 370 g/mol. The van der Waals surface area contributed by atoms with Gasteiger partial charge in [-0.1, -0.05) is 49.4 Å². The monoisotopic (exact) mass is 395 g/mol. The number of carbonyl (C=O) groups is 2. The van der Waals surface area contributed by atoms with Gasteiger partial charge in [0.2, 0.25) is 0 Å². The lowest BCUT2D eigenvalue weighted by Gasteiger charge is -2.07. The molecule has 0 bridgehead atoms. The summed E-state index contributed by atoms with van der Waals surface area (Å²) < 4.78 is 8.35. The van der Waals surface area contributed by atoms with Crippen LogP contribution in [0.1, 0.15) is 25.3 Å². The van der Waals surface area contributed by atoms with Gasteiger partial charge >= 0.3 is 11.7 Å². The van der Waals surface area contributed by atoms with Crippen LogP contribution in [0, 0.1) is 0 Å². The molecule has 7 nitrogen and oxygen atoms in total. The van der Waals surface area contributed by atoms with E-state index in [0.29, 0.717) is 13.1 Å². The molecule has 0 aliphatic rings. The standard InChI is InChI=1S/C22H25N3O4/c1-2-13-24-18-10-6-7-11-19(18)25(22(24)28)14-12-21(27)29-16-20(26)23-15-17-8-4-3-5-9-17/h3-11H,2,12-16H2,1H3,(H,23,26). The summed E-state index contributed by atoms with van der Waals surface area (Å²) in [4.78, 5) is 36.6. The molecular formula is C22H25N3O4. The van der Waals surface area contributed by atoms with Gasteiger partial charge < -0.3 is 10.1 Å². The van der Waals surface area contributed by atoms with Crippen LogP contribution in [-0.2, 0) is 34.0 Å². The molecule has 1 aromatic heterocycles. The van der Waals surface area contributed by atoms with E-state index in [9.17, 15) is 14.4 Å². The van der Waals surface area contributed by atoms with E-state index in [-0.39, 0.29) is 31.2 Å². The quantitative estimate of drug-likeness (QED) is 0.564. The van der Waals surface area contributed by atoms with Gasteiger partial charge in [-0.2, -0.15) is 0 Å². The van der Waals surface area contributed by atoms with E-state index in [1.165, 1.54) is 0 Å². The van der Waals surface area contributed by atoms with Gasteiger partial charge in [-0.15, -0.1) is 0 Å². The molecule has 0 aliphatic heterocycles. The summed E-state index contributed by atoms with van der Waals surface area (Å²) >= 11 is 0. The zero-order chi connectivity index (χ0) is 20.6. The fourth-order valence-corrected chi connectivity index (χ4v) is 3.20. The smallest absolute Gasteiger partial charge is 0.329 e. The predicted octanol–water partition coefficient (Wildman–Crippen LogP) is 2.46. The number of rotatable bonds is 9. The number of para-hydroxylation sites is 2. The van der Waals surface area contributed by atoms with Crippen molar-refractivity contribution in [3.63, 3.8) is 0 Å². The van der Waals surface area contributed by atoms with Crippen LogP contribution in [0.2, 0.25) is 0 Å². The summed E-state index contributed by atoms with van der Waals surface area (Å²) in [5.74, 6) is -0.877. The number of hydrogen-bond donors (Lipinski definition) is 1. The zero-order valence-corrected chi connectivity index (χ0v) is 16.5. The zero-order valence-electron chi connectivity index (χ0n) is 16.5. The van der Waals surface area contributed by atoms with Crippen LogP contribution in [0.5, 0.6) is 0 Å². The molecule has 0 spiro atoms. The second-order valence-corrected chi connectivity index (χ2v) is 6.75. The molecule has 3 aromatic rings.